The molecule has 3 aliphatic rings. The predicted molar refractivity (Wildman–Crippen MR) is 57.6 cm³/mol. The van der Waals surface area contributed by atoms with Gasteiger partial charge in [0, 0.05) is 0 Å². The minimum Gasteiger partial charge on any atom is -0.0654 e. The topological polar surface area (TPSA) is 0 Å². The molecule has 3 aliphatic carbocycles. The highest BCUT2D eigenvalue weighted by Gasteiger charge is 2.51. The van der Waals surface area contributed by atoms with Crippen LogP contribution in [0.5, 0.6) is 0 Å². The van der Waals surface area contributed by atoms with Gasteiger partial charge in [-0.25, -0.2) is 0 Å². The molecule has 0 heteroatoms. The Bertz CT molecular complexity index is 184. The van der Waals surface area contributed by atoms with E-state index in [1.165, 1.54) is 32.1 Å². The molecule has 0 saturated heterocycles. The van der Waals surface area contributed by atoms with Crippen LogP contribution in [0.25, 0.3) is 0 Å². The average molecular weight is 180 g/mol. The zero-order valence-corrected chi connectivity index (χ0v) is 9.47. The second-order valence-electron chi connectivity index (χ2n) is 5.75. The SMILES string of the molecule is CCCC12CC(C)CCC(C1)C2C. The van der Waals surface area contributed by atoms with Gasteiger partial charge in [0.1, 0.15) is 0 Å². The van der Waals surface area contributed by atoms with Crippen LogP contribution in [0.1, 0.15) is 59.3 Å². The summed E-state index contributed by atoms with van der Waals surface area (Å²) >= 11 is 0. The molecule has 0 nitrogen and oxygen atoms in total. The molecule has 13 heavy (non-hydrogen) atoms. The van der Waals surface area contributed by atoms with Crippen molar-refractivity contribution in [3.8, 4) is 0 Å². The molecule has 0 aromatic rings. The first-order valence-electron chi connectivity index (χ1n) is 6.18. The second-order valence-corrected chi connectivity index (χ2v) is 5.75. The summed E-state index contributed by atoms with van der Waals surface area (Å²) in [5.41, 5.74) is 0.787. The summed E-state index contributed by atoms with van der Waals surface area (Å²) in [5.74, 6) is 3.13. The summed E-state index contributed by atoms with van der Waals surface area (Å²) in [5, 5.41) is 0. The highest BCUT2D eigenvalue weighted by Crippen LogP contribution is 2.61. The Morgan fingerprint density at radius 1 is 1.15 bits per heavy atom. The van der Waals surface area contributed by atoms with Crippen molar-refractivity contribution in [1.29, 1.82) is 0 Å². The molecule has 0 aromatic heterocycles. The van der Waals surface area contributed by atoms with E-state index in [9.17, 15) is 0 Å². The van der Waals surface area contributed by atoms with E-state index in [-0.39, 0.29) is 0 Å². The van der Waals surface area contributed by atoms with Crippen molar-refractivity contribution in [3.63, 3.8) is 0 Å². The summed E-state index contributed by atoms with van der Waals surface area (Å²) in [6, 6.07) is 0. The van der Waals surface area contributed by atoms with Crippen molar-refractivity contribution in [2.45, 2.75) is 59.3 Å². The molecular weight excluding hydrogens is 156 g/mol. The van der Waals surface area contributed by atoms with Crippen LogP contribution in [0.4, 0.5) is 0 Å². The normalized spacial score (nSPS) is 49.6. The van der Waals surface area contributed by atoms with Gasteiger partial charge in [-0.2, -0.15) is 0 Å². The number of hydrogen-bond donors (Lipinski definition) is 0. The van der Waals surface area contributed by atoms with E-state index in [1.54, 1.807) is 6.42 Å². The van der Waals surface area contributed by atoms with Crippen molar-refractivity contribution in [3.05, 3.63) is 0 Å². The van der Waals surface area contributed by atoms with Crippen LogP contribution in [-0.2, 0) is 0 Å². The Labute approximate surface area is 83.1 Å². The van der Waals surface area contributed by atoms with E-state index in [2.05, 4.69) is 20.8 Å². The zero-order valence-electron chi connectivity index (χ0n) is 9.47. The standard InChI is InChI=1S/C13H24/c1-4-7-13-8-10(2)5-6-12(9-13)11(13)3/h10-12H,4-9H2,1-3H3. The maximum atomic E-state index is 2.52. The Morgan fingerprint density at radius 2 is 1.92 bits per heavy atom. The van der Waals surface area contributed by atoms with Gasteiger partial charge < -0.3 is 0 Å². The number of rotatable bonds is 2. The molecule has 0 heterocycles. The highest BCUT2D eigenvalue weighted by molar-refractivity contribution is 5.01. The molecule has 2 bridgehead atoms. The van der Waals surface area contributed by atoms with E-state index in [4.69, 9.17) is 0 Å². The van der Waals surface area contributed by atoms with E-state index in [0.29, 0.717) is 0 Å². The Morgan fingerprint density at radius 3 is 2.54 bits per heavy atom. The molecule has 76 valence electrons. The minimum atomic E-state index is 0.787. The minimum absolute atomic E-state index is 0.787. The molecule has 4 unspecified atom stereocenters. The van der Waals surface area contributed by atoms with Crippen LogP contribution in [0.15, 0.2) is 0 Å². The summed E-state index contributed by atoms with van der Waals surface area (Å²) in [6.45, 7) is 7.33. The molecule has 0 radical (unpaired) electrons. The van der Waals surface area contributed by atoms with Crippen molar-refractivity contribution < 1.29 is 0 Å². The molecular formula is C13H24. The van der Waals surface area contributed by atoms with E-state index < -0.39 is 0 Å². The highest BCUT2D eigenvalue weighted by atomic mass is 14.6. The molecule has 3 rings (SSSR count). The van der Waals surface area contributed by atoms with E-state index in [0.717, 1.165) is 23.2 Å². The summed E-state index contributed by atoms with van der Waals surface area (Å²) in [4.78, 5) is 0. The molecule has 3 saturated carbocycles. The number of hydrogen-bond acceptors (Lipinski definition) is 0. The van der Waals surface area contributed by atoms with Crippen molar-refractivity contribution in [2.24, 2.45) is 23.2 Å². The fourth-order valence-electron chi connectivity index (χ4n) is 4.07. The molecule has 0 aliphatic heterocycles. The lowest BCUT2D eigenvalue weighted by atomic mass is 9.51. The molecule has 3 fully saturated rings. The third kappa shape index (κ3) is 1.43. The van der Waals surface area contributed by atoms with Crippen molar-refractivity contribution in [2.75, 3.05) is 0 Å². The Balaban J connectivity index is 2.09. The van der Waals surface area contributed by atoms with Gasteiger partial charge in [0.05, 0.1) is 0 Å². The van der Waals surface area contributed by atoms with E-state index >= 15 is 0 Å². The predicted octanol–water partition coefficient (Wildman–Crippen LogP) is 4.25. The van der Waals surface area contributed by atoms with Gasteiger partial charge in [-0.15, -0.1) is 0 Å². The molecule has 4 atom stereocenters. The van der Waals surface area contributed by atoms with Crippen molar-refractivity contribution in [1.82, 2.24) is 0 Å². The van der Waals surface area contributed by atoms with Gasteiger partial charge in [0.25, 0.3) is 0 Å². The smallest absolute Gasteiger partial charge is 0.0264 e. The lowest BCUT2D eigenvalue weighted by Crippen LogP contribution is -2.45. The van der Waals surface area contributed by atoms with Crippen LogP contribution in [-0.4, -0.2) is 0 Å². The maximum absolute atomic E-state index is 2.52. The molecule has 0 amide bonds. The monoisotopic (exact) mass is 180 g/mol. The average Bonchev–Trinajstić information content (AvgIpc) is 2.32. The van der Waals surface area contributed by atoms with Gasteiger partial charge in [-0.3, -0.25) is 0 Å². The van der Waals surface area contributed by atoms with Gasteiger partial charge in [0.2, 0.25) is 0 Å². The molecule has 0 spiro atoms. The molecule has 0 N–H and O–H groups in total. The maximum Gasteiger partial charge on any atom is -0.0264 e. The van der Waals surface area contributed by atoms with Crippen LogP contribution in [0.3, 0.4) is 0 Å². The Hall–Kier alpha value is 0. The van der Waals surface area contributed by atoms with Crippen LogP contribution in [0, 0.1) is 23.2 Å². The summed E-state index contributed by atoms with van der Waals surface area (Å²) < 4.78 is 0. The second kappa shape index (κ2) is 3.29. The number of fused-ring (bicyclic) bond motifs is 3. The largest absolute Gasteiger partial charge is 0.0654 e. The third-order valence-corrected chi connectivity index (χ3v) is 4.87. The first-order chi connectivity index (χ1) is 6.18. The first-order valence-corrected chi connectivity index (χ1v) is 6.18. The zero-order chi connectivity index (χ0) is 9.47. The lowest BCUT2D eigenvalue weighted by molar-refractivity contribution is -0.0393. The first kappa shape index (κ1) is 9.55. The van der Waals surface area contributed by atoms with Crippen LogP contribution < -0.4 is 0 Å². The van der Waals surface area contributed by atoms with Gasteiger partial charge in [-0.05, 0) is 48.9 Å². The molecule has 0 aromatic carbocycles. The van der Waals surface area contributed by atoms with Gasteiger partial charge in [0.15, 0.2) is 0 Å². The summed E-state index contributed by atoms with van der Waals surface area (Å²) in [6.07, 6.45) is 9.00. The summed E-state index contributed by atoms with van der Waals surface area (Å²) in [7, 11) is 0. The fraction of sp³-hybridized carbons (Fsp3) is 1.00. The fourth-order valence-corrected chi connectivity index (χ4v) is 4.07. The van der Waals surface area contributed by atoms with Gasteiger partial charge >= 0.3 is 0 Å². The van der Waals surface area contributed by atoms with Crippen LogP contribution in [0.2, 0.25) is 0 Å². The Kier molecular flexibility index (Phi) is 2.42. The van der Waals surface area contributed by atoms with Crippen molar-refractivity contribution >= 4 is 0 Å². The van der Waals surface area contributed by atoms with Gasteiger partial charge in [-0.1, -0.05) is 33.6 Å². The van der Waals surface area contributed by atoms with E-state index in [1.807, 2.05) is 0 Å². The quantitative estimate of drug-likeness (QED) is 0.596. The lowest BCUT2D eigenvalue weighted by Gasteiger charge is -2.53. The third-order valence-electron chi connectivity index (χ3n) is 4.87. The van der Waals surface area contributed by atoms with Crippen LogP contribution >= 0.6 is 0 Å².